The van der Waals surface area contributed by atoms with Crippen molar-refractivity contribution in [2.75, 3.05) is 13.7 Å². The fourth-order valence-corrected chi connectivity index (χ4v) is 4.49. The van der Waals surface area contributed by atoms with Crippen LogP contribution in [-0.4, -0.2) is 50.0 Å². The highest BCUT2D eigenvalue weighted by Gasteiger charge is 2.37. The van der Waals surface area contributed by atoms with Gasteiger partial charge in [-0.05, 0) is 52.9 Å². The Labute approximate surface area is 183 Å². The minimum Gasteiger partial charge on any atom is -0.480 e. The summed E-state index contributed by atoms with van der Waals surface area (Å²) in [6.45, 7) is 6.81. The number of ether oxygens (including phenoxy) is 2. The molecule has 31 heavy (non-hydrogen) atoms. The summed E-state index contributed by atoms with van der Waals surface area (Å²) in [6, 6.07) is 0.440. The predicted molar refractivity (Wildman–Crippen MR) is 115 cm³/mol. The van der Waals surface area contributed by atoms with Crippen LogP contribution in [0, 0.1) is 0 Å². The maximum Gasteiger partial charge on any atom is 0.410 e. The van der Waals surface area contributed by atoms with Crippen molar-refractivity contribution in [3.8, 4) is 17.1 Å². The van der Waals surface area contributed by atoms with Gasteiger partial charge in [0.25, 0.3) is 0 Å². The molecule has 0 unspecified atom stereocenters. The van der Waals surface area contributed by atoms with E-state index >= 15 is 0 Å². The topological polar surface area (TPSA) is 82.4 Å². The van der Waals surface area contributed by atoms with Crippen molar-refractivity contribution in [1.29, 1.82) is 0 Å². The predicted octanol–water partition coefficient (Wildman–Crippen LogP) is 4.24. The molecule has 2 saturated carbocycles. The molecule has 5 rings (SSSR count). The van der Waals surface area contributed by atoms with Gasteiger partial charge in [-0.2, -0.15) is 5.10 Å². The molecule has 3 aliphatic rings. The van der Waals surface area contributed by atoms with E-state index in [-0.39, 0.29) is 6.09 Å². The Hall–Kier alpha value is -2.64. The Kier molecular flexibility index (Phi) is 4.90. The largest absolute Gasteiger partial charge is 0.480 e. The molecule has 2 aliphatic carbocycles. The van der Waals surface area contributed by atoms with Gasteiger partial charge in [-0.3, -0.25) is 4.68 Å². The highest BCUT2D eigenvalue weighted by Crippen LogP contribution is 2.47. The van der Waals surface area contributed by atoms with Gasteiger partial charge in [0.2, 0.25) is 5.88 Å². The number of methoxy groups -OCH3 is 1. The lowest BCUT2D eigenvalue weighted by atomic mass is 9.92. The summed E-state index contributed by atoms with van der Waals surface area (Å²) >= 11 is 0. The first-order chi connectivity index (χ1) is 14.9. The molecule has 0 saturated heterocycles. The lowest BCUT2D eigenvalue weighted by molar-refractivity contribution is 0.0222. The van der Waals surface area contributed by atoms with Crippen molar-refractivity contribution in [2.24, 2.45) is 0 Å². The van der Waals surface area contributed by atoms with Crippen LogP contribution >= 0.6 is 0 Å². The van der Waals surface area contributed by atoms with Crippen LogP contribution in [0.25, 0.3) is 11.3 Å². The van der Waals surface area contributed by atoms with Crippen molar-refractivity contribution < 1.29 is 14.3 Å². The van der Waals surface area contributed by atoms with E-state index in [0.717, 1.165) is 54.6 Å². The molecular formula is C23H31N5O3. The van der Waals surface area contributed by atoms with Gasteiger partial charge in [0.05, 0.1) is 31.0 Å². The summed E-state index contributed by atoms with van der Waals surface area (Å²) in [4.78, 5) is 23.6. The molecule has 0 aromatic carbocycles. The smallest absolute Gasteiger partial charge is 0.410 e. The molecule has 0 N–H and O–H groups in total. The summed E-state index contributed by atoms with van der Waals surface area (Å²) in [5, 5.41) is 5.11. The molecule has 0 spiro atoms. The number of hydrogen-bond acceptors (Lipinski definition) is 6. The van der Waals surface area contributed by atoms with Crippen LogP contribution < -0.4 is 4.74 Å². The second kappa shape index (κ2) is 7.50. The first-order valence-corrected chi connectivity index (χ1v) is 11.3. The third-order valence-corrected chi connectivity index (χ3v) is 6.39. The summed E-state index contributed by atoms with van der Waals surface area (Å²) in [6.07, 6.45) is 7.88. The van der Waals surface area contributed by atoms with Gasteiger partial charge in [0.15, 0.2) is 0 Å². The van der Waals surface area contributed by atoms with E-state index < -0.39 is 5.60 Å². The van der Waals surface area contributed by atoms with Gasteiger partial charge in [0, 0.05) is 30.1 Å². The summed E-state index contributed by atoms with van der Waals surface area (Å²) in [5.74, 6) is 0.995. The number of carbonyl (C=O) groups excluding carboxylic acids is 1. The Morgan fingerprint density at radius 1 is 1.16 bits per heavy atom. The van der Waals surface area contributed by atoms with Crippen LogP contribution in [0.2, 0.25) is 0 Å². The molecule has 1 aliphatic heterocycles. The van der Waals surface area contributed by atoms with Gasteiger partial charge < -0.3 is 14.4 Å². The number of aromatic nitrogens is 4. The monoisotopic (exact) mass is 425 g/mol. The average molecular weight is 426 g/mol. The van der Waals surface area contributed by atoms with Gasteiger partial charge in [-0.15, -0.1) is 0 Å². The highest BCUT2D eigenvalue weighted by molar-refractivity contribution is 5.74. The van der Waals surface area contributed by atoms with Crippen molar-refractivity contribution in [2.45, 2.75) is 83.4 Å². The van der Waals surface area contributed by atoms with Gasteiger partial charge in [-0.1, -0.05) is 0 Å². The fourth-order valence-electron chi connectivity index (χ4n) is 4.49. The number of rotatable bonds is 4. The Morgan fingerprint density at radius 3 is 2.55 bits per heavy atom. The molecule has 166 valence electrons. The first kappa shape index (κ1) is 20.3. The molecular weight excluding hydrogens is 394 g/mol. The van der Waals surface area contributed by atoms with E-state index in [2.05, 4.69) is 14.6 Å². The fraction of sp³-hybridized carbons (Fsp3) is 0.652. The quantitative estimate of drug-likeness (QED) is 0.729. The molecule has 2 aromatic rings. The lowest BCUT2D eigenvalue weighted by Crippen LogP contribution is -2.40. The SMILES string of the molecule is COc1ncnc(C2CC2)c1-c1nn(C2CCC2)c2c1CN(C(=O)OC(C)(C)C)CC2. The minimum absolute atomic E-state index is 0.279. The number of hydrogen-bond donors (Lipinski definition) is 0. The molecule has 8 nitrogen and oxygen atoms in total. The van der Waals surface area contributed by atoms with Crippen LogP contribution in [0.5, 0.6) is 5.88 Å². The Morgan fingerprint density at radius 2 is 1.94 bits per heavy atom. The number of amides is 1. The number of fused-ring (bicyclic) bond motifs is 1. The second-order valence-corrected chi connectivity index (χ2v) is 9.87. The van der Waals surface area contributed by atoms with Gasteiger partial charge in [0.1, 0.15) is 17.6 Å². The van der Waals surface area contributed by atoms with E-state index in [1.54, 1.807) is 18.3 Å². The van der Waals surface area contributed by atoms with E-state index in [9.17, 15) is 4.79 Å². The molecule has 2 fully saturated rings. The zero-order valence-corrected chi connectivity index (χ0v) is 18.8. The van der Waals surface area contributed by atoms with Crippen molar-refractivity contribution in [3.05, 3.63) is 23.3 Å². The molecule has 3 heterocycles. The summed E-state index contributed by atoms with van der Waals surface area (Å²) in [7, 11) is 1.64. The van der Waals surface area contributed by atoms with E-state index in [0.29, 0.717) is 30.9 Å². The van der Waals surface area contributed by atoms with Crippen molar-refractivity contribution in [3.63, 3.8) is 0 Å². The third kappa shape index (κ3) is 3.77. The van der Waals surface area contributed by atoms with Crippen molar-refractivity contribution >= 4 is 6.09 Å². The maximum atomic E-state index is 12.8. The molecule has 1 amide bonds. The van der Waals surface area contributed by atoms with Crippen molar-refractivity contribution in [1.82, 2.24) is 24.6 Å². The van der Waals surface area contributed by atoms with E-state index in [1.165, 1.54) is 12.1 Å². The first-order valence-electron chi connectivity index (χ1n) is 11.3. The zero-order chi connectivity index (χ0) is 21.8. The molecule has 0 bridgehead atoms. The van der Waals surface area contributed by atoms with E-state index in [4.69, 9.17) is 14.6 Å². The number of nitrogens with zero attached hydrogens (tertiary/aromatic N) is 5. The Bertz CT molecular complexity index is 1000. The molecule has 8 heteroatoms. The standard InChI is InChI=1S/C23H31N5O3/c1-23(2,3)31-22(29)27-11-10-17-16(12-27)20(26-28(17)15-6-5-7-15)18-19(14-8-9-14)24-13-25-21(18)30-4/h13-15H,5-12H2,1-4H3. The van der Waals surface area contributed by atoms with Crippen LogP contribution in [0.3, 0.4) is 0 Å². The van der Waals surface area contributed by atoms with Gasteiger partial charge >= 0.3 is 6.09 Å². The van der Waals surface area contributed by atoms with Crippen LogP contribution in [0.4, 0.5) is 4.79 Å². The summed E-state index contributed by atoms with van der Waals surface area (Å²) in [5.41, 5.74) is 4.57. The normalized spacial score (nSPS) is 19.0. The van der Waals surface area contributed by atoms with Crippen LogP contribution in [-0.2, 0) is 17.7 Å². The maximum absolute atomic E-state index is 12.8. The minimum atomic E-state index is -0.522. The summed E-state index contributed by atoms with van der Waals surface area (Å²) < 4.78 is 13.5. The lowest BCUT2D eigenvalue weighted by Gasteiger charge is -2.32. The second-order valence-electron chi connectivity index (χ2n) is 9.87. The molecule has 0 atom stereocenters. The molecule has 2 aromatic heterocycles. The number of carbonyl (C=O) groups is 1. The third-order valence-electron chi connectivity index (χ3n) is 6.39. The van der Waals surface area contributed by atoms with E-state index in [1.807, 2.05) is 20.8 Å². The zero-order valence-electron chi connectivity index (χ0n) is 18.8. The highest BCUT2D eigenvalue weighted by atomic mass is 16.6. The van der Waals surface area contributed by atoms with Crippen LogP contribution in [0.1, 0.15) is 81.8 Å². The Balaban J connectivity index is 1.59. The van der Waals surface area contributed by atoms with Crippen LogP contribution in [0.15, 0.2) is 6.33 Å². The molecule has 0 radical (unpaired) electrons. The van der Waals surface area contributed by atoms with Gasteiger partial charge in [-0.25, -0.2) is 14.8 Å². The average Bonchev–Trinajstić information content (AvgIpc) is 3.47.